The largest absolute Gasteiger partial charge is 0.508 e. The molecule has 1 N–H and O–H groups in total. The molecule has 2 fully saturated rings. The van der Waals surface area contributed by atoms with E-state index in [1.165, 1.54) is 45.2 Å². The van der Waals surface area contributed by atoms with E-state index < -0.39 is 5.63 Å². The number of carbonyl (C=O) groups is 1. The van der Waals surface area contributed by atoms with Gasteiger partial charge in [0.1, 0.15) is 11.3 Å². The molecule has 7 nitrogen and oxygen atoms in total. The van der Waals surface area contributed by atoms with Gasteiger partial charge in [-0.3, -0.25) is 4.79 Å². The highest BCUT2D eigenvalue weighted by Crippen LogP contribution is 2.32. The average molecular weight is 485 g/mol. The number of rotatable bonds is 9. The van der Waals surface area contributed by atoms with Gasteiger partial charge in [0.25, 0.3) is 0 Å². The van der Waals surface area contributed by atoms with Crippen molar-refractivity contribution in [2.24, 2.45) is 5.92 Å². The third kappa shape index (κ3) is 5.72. The Balaban J connectivity index is 1.48. The molecule has 0 radical (unpaired) electrons. The predicted molar refractivity (Wildman–Crippen MR) is 137 cm³/mol. The fraction of sp³-hybridized carbons (Fsp3) is 0.643. The van der Waals surface area contributed by atoms with Crippen molar-refractivity contribution >= 4 is 16.9 Å². The van der Waals surface area contributed by atoms with E-state index >= 15 is 0 Å². The summed E-state index contributed by atoms with van der Waals surface area (Å²) in [7, 11) is 1.69. The molecule has 2 atom stereocenters. The molecular formula is C28H40N2O5. The number of benzene rings is 1. The van der Waals surface area contributed by atoms with Gasteiger partial charge in [0.05, 0.1) is 0 Å². The van der Waals surface area contributed by atoms with Crippen LogP contribution in [0, 0.1) is 19.8 Å². The zero-order valence-electron chi connectivity index (χ0n) is 21.5. The SMILES string of the molecule is COCCCN(C[C@H]1CCCN2CCCC[C@@H]12)C(=O)CCc1c(C)c2ccc(O)c(C)c2oc1=O. The maximum Gasteiger partial charge on any atom is 0.339 e. The van der Waals surface area contributed by atoms with Crippen molar-refractivity contribution in [3.63, 3.8) is 0 Å². The standard InChI is InChI=1S/C28H40N2O5/c1-19-22-10-12-25(31)20(2)27(22)35-28(33)23(19)11-13-26(32)30(16-7-17-34-3)18-21-8-6-15-29-14-5-4-9-24(21)29/h10,12,21,24,31H,4-9,11,13-18H2,1-3H3/t21-,24+/m1/s1. The summed E-state index contributed by atoms with van der Waals surface area (Å²) in [6.07, 6.45) is 7.62. The van der Waals surface area contributed by atoms with E-state index in [-0.39, 0.29) is 18.1 Å². The van der Waals surface area contributed by atoms with E-state index in [2.05, 4.69) is 4.90 Å². The number of nitrogens with zero attached hydrogens (tertiary/aromatic N) is 2. The number of methoxy groups -OCH3 is 1. The Labute approximate surface area is 208 Å². The first kappa shape index (κ1) is 25.7. The van der Waals surface area contributed by atoms with Gasteiger partial charge in [0.2, 0.25) is 5.91 Å². The Morgan fingerprint density at radius 2 is 1.97 bits per heavy atom. The number of carbonyl (C=O) groups excluding carboxylic acids is 1. The fourth-order valence-corrected chi connectivity index (χ4v) is 6.05. The first-order valence-corrected chi connectivity index (χ1v) is 13.2. The molecule has 0 unspecified atom stereocenters. The van der Waals surface area contributed by atoms with Crippen LogP contribution in [-0.4, -0.2) is 66.8 Å². The molecule has 0 aliphatic carbocycles. The lowest BCUT2D eigenvalue weighted by Gasteiger charge is -2.45. The highest BCUT2D eigenvalue weighted by atomic mass is 16.5. The van der Waals surface area contributed by atoms with Crippen molar-refractivity contribution in [1.82, 2.24) is 9.80 Å². The fourth-order valence-electron chi connectivity index (χ4n) is 6.05. The van der Waals surface area contributed by atoms with E-state index in [9.17, 15) is 14.7 Å². The van der Waals surface area contributed by atoms with Crippen LogP contribution in [0.5, 0.6) is 5.75 Å². The number of hydrogen-bond acceptors (Lipinski definition) is 6. The van der Waals surface area contributed by atoms with Gasteiger partial charge in [0, 0.05) is 55.8 Å². The molecule has 1 aromatic heterocycles. The lowest BCUT2D eigenvalue weighted by atomic mass is 9.83. The number of piperidine rings is 2. The van der Waals surface area contributed by atoms with Crippen molar-refractivity contribution < 1.29 is 19.1 Å². The second kappa shape index (κ2) is 11.6. The van der Waals surface area contributed by atoms with Gasteiger partial charge in [-0.05, 0) is 89.1 Å². The summed E-state index contributed by atoms with van der Waals surface area (Å²) in [5.74, 6) is 0.711. The average Bonchev–Trinajstić information content (AvgIpc) is 2.86. The molecule has 0 bridgehead atoms. The summed E-state index contributed by atoms with van der Waals surface area (Å²) in [4.78, 5) is 30.9. The zero-order chi connectivity index (χ0) is 24.9. The van der Waals surface area contributed by atoms with Crippen LogP contribution < -0.4 is 5.63 Å². The number of fused-ring (bicyclic) bond motifs is 2. The normalized spacial score (nSPS) is 20.7. The molecule has 35 heavy (non-hydrogen) atoms. The van der Waals surface area contributed by atoms with Crippen LogP contribution in [0.25, 0.3) is 11.0 Å². The third-order valence-electron chi connectivity index (χ3n) is 8.08. The number of hydrogen-bond donors (Lipinski definition) is 1. The summed E-state index contributed by atoms with van der Waals surface area (Å²) in [6.45, 7) is 8.10. The van der Waals surface area contributed by atoms with Crippen LogP contribution >= 0.6 is 0 Å². The van der Waals surface area contributed by atoms with E-state index in [0.717, 1.165) is 23.9 Å². The molecule has 1 aromatic carbocycles. The molecule has 192 valence electrons. The summed E-state index contributed by atoms with van der Waals surface area (Å²) in [6, 6.07) is 3.98. The van der Waals surface area contributed by atoms with Gasteiger partial charge >= 0.3 is 5.63 Å². The maximum atomic E-state index is 13.4. The smallest absolute Gasteiger partial charge is 0.339 e. The number of phenols is 1. The van der Waals surface area contributed by atoms with E-state index in [4.69, 9.17) is 9.15 Å². The lowest BCUT2D eigenvalue weighted by Crippen LogP contribution is -2.51. The highest BCUT2D eigenvalue weighted by Gasteiger charge is 2.34. The Hall–Kier alpha value is -2.38. The minimum Gasteiger partial charge on any atom is -0.508 e. The Bertz CT molecular complexity index is 1090. The summed E-state index contributed by atoms with van der Waals surface area (Å²) >= 11 is 0. The molecular weight excluding hydrogens is 444 g/mol. The molecule has 7 heteroatoms. The van der Waals surface area contributed by atoms with Crippen molar-refractivity contribution in [2.45, 2.75) is 71.3 Å². The van der Waals surface area contributed by atoms with Crippen LogP contribution in [0.15, 0.2) is 21.3 Å². The Morgan fingerprint density at radius 3 is 2.77 bits per heavy atom. The second-order valence-corrected chi connectivity index (χ2v) is 10.3. The molecule has 0 saturated carbocycles. The minimum atomic E-state index is -0.424. The number of amides is 1. The summed E-state index contributed by atoms with van der Waals surface area (Å²) < 4.78 is 10.8. The molecule has 4 rings (SSSR count). The van der Waals surface area contributed by atoms with Gasteiger partial charge in [-0.2, -0.15) is 0 Å². The lowest BCUT2D eigenvalue weighted by molar-refractivity contribution is -0.132. The molecule has 2 saturated heterocycles. The van der Waals surface area contributed by atoms with Gasteiger partial charge in [-0.15, -0.1) is 0 Å². The first-order valence-electron chi connectivity index (χ1n) is 13.2. The first-order chi connectivity index (χ1) is 16.9. The van der Waals surface area contributed by atoms with Gasteiger partial charge < -0.3 is 24.1 Å². The number of aryl methyl sites for hydroxylation is 2. The van der Waals surface area contributed by atoms with Crippen LogP contribution in [-0.2, 0) is 16.0 Å². The van der Waals surface area contributed by atoms with Crippen LogP contribution in [0.2, 0.25) is 0 Å². The highest BCUT2D eigenvalue weighted by molar-refractivity contribution is 5.85. The predicted octanol–water partition coefficient (Wildman–Crippen LogP) is 4.18. The van der Waals surface area contributed by atoms with Crippen LogP contribution in [0.4, 0.5) is 0 Å². The summed E-state index contributed by atoms with van der Waals surface area (Å²) in [5.41, 5.74) is 1.91. The van der Waals surface area contributed by atoms with Crippen molar-refractivity contribution in [1.29, 1.82) is 0 Å². The number of phenolic OH excluding ortho intramolecular Hbond substituents is 1. The van der Waals surface area contributed by atoms with E-state index in [1.54, 1.807) is 26.2 Å². The van der Waals surface area contributed by atoms with Crippen LogP contribution in [0.3, 0.4) is 0 Å². The van der Waals surface area contributed by atoms with Crippen molar-refractivity contribution in [3.8, 4) is 5.75 Å². The van der Waals surface area contributed by atoms with E-state index in [1.807, 2.05) is 11.8 Å². The Morgan fingerprint density at radius 1 is 1.17 bits per heavy atom. The van der Waals surface area contributed by atoms with Gasteiger partial charge in [-0.1, -0.05) is 6.42 Å². The molecule has 1 amide bonds. The Kier molecular flexibility index (Phi) is 8.50. The van der Waals surface area contributed by atoms with E-state index in [0.29, 0.717) is 48.2 Å². The zero-order valence-corrected chi connectivity index (χ0v) is 21.5. The quantitative estimate of drug-likeness (QED) is 0.425. The molecule has 2 aliphatic heterocycles. The molecule has 2 aromatic rings. The topological polar surface area (TPSA) is 83.2 Å². The minimum absolute atomic E-state index is 0.0924. The maximum absolute atomic E-state index is 13.4. The summed E-state index contributed by atoms with van der Waals surface area (Å²) in [5, 5.41) is 10.8. The molecule has 3 heterocycles. The monoisotopic (exact) mass is 484 g/mol. The van der Waals surface area contributed by atoms with Crippen LogP contribution in [0.1, 0.15) is 61.6 Å². The number of aromatic hydroxyl groups is 1. The molecule has 0 spiro atoms. The van der Waals surface area contributed by atoms with Crippen molar-refractivity contribution in [3.05, 3.63) is 39.2 Å². The van der Waals surface area contributed by atoms with Gasteiger partial charge in [0.15, 0.2) is 0 Å². The third-order valence-corrected chi connectivity index (χ3v) is 8.08. The number of ether oxygens (including phenoxy) is 1. The second-order valence-electron chi connectivity index (χ2n) is 10.3. The van der Waals surface area contributed by atoms with Gasteiger partial charge in [-0.25, -0.2) is 4.79 Å². The van der Waals surface area contributed by atoms with Crippen molar-refractivity contribution in [2.75, 3.05) is 39.9 Å². The molecule has 2 aliphatic rings.